The van der Waals surface area contributed by atoms with E-state index in [2.05, 4.69) is 0 Å². The van der Waals surface area contributed by atoms with Gasteiger partial charge in [-0.05, 0) is 13.0 Å². The molecule has 0 unspecified atom stereocenters. The molecule has 0 amide bonds. The monoisotopic (exact) mass is 291 g/mol. The van der Waals surface area contributed by atoms with Gasteiger partial charge in [-0.25, -0.2) is 0 Å². The first-order valence-electron chi connectivity index (χ1n) is 3.60. The van der Waals surface area contributed by atoms with Crippen LogP contribution in [0.3, 0.4) is 0 Å². The normalized spacial score (nSPS) is 13.5. The van der Waals surface area contributed by atoms with Crippen molar-refractivity contribution in [2.24, 2.45) is 5.73 Å². The molecule has 0 aromatic heterocycles. The molecule has 0 aliphatic carbocycles. The van der Waals surface area contributed by atoms with Crippen molar-refractivity contribution in [1.82, 2.24) is 0 Å². The van der Waals surface area contributed by atoms with Crippen molar-refractivity contribution in [1.29, 1.82) is 0 Å². The average Bonchev–Trinajstić information content (AvgIpc) is 1.95. The summed E-state index contributed by atoms with van der Waals surface area (Å²) in [6, 6.07) is 0. The minimum absolute atomic E-state index is 0. The zero-order chi connectivity index (χ0) is 11.6. The summed E-state index contributed by atoms with van der Waals surface area (Å²) in [6.07, 6.45) is -0.856. The predicted octanol–water partition coefficient (Wildman–Crippen LogP) is -1.43. The standard InChI is InChI=1S/C4H13NO7P2.Ca.2H/c5-3-1-2-4(6,13(7,8)9)14(10,11)12;;;/h6H,1-3,5H2,(H2,7,8,9)(H2,10,11,12);;;/q;+2;2*-1. The van der Waals surface area contributed by atoms with E-state index in [0.717, 1.165) is 0 Å². The molecule has 0 aliphatic rings. The Labute approximate surface area is 119 Å². The Kier molecular flexibility index (Phi) is 8.06. The van der Waals surface area contributed by atoms with Gasteiger partial charge in [0, 0.05) is 6.42 Å². The van der Waals surface area contributed by atoms with Crippen LogP contribution in [0.5, 0.6) is 0 Å². The third-order valence-corrected chi connectivity index (χ3v) is 5.53. The van der Waals surface area contributed by atoms with Gasteiger partial charge < -0.3 is 33.3 Å². The van der Waals surface area contributed by atoms with Crippen LogP contribution >= 0.6 is 15.2 Å². The van der Waals surface area contributed by atoms with Crippen LogP contribution in [0.15, 0.2) is 0 Å². The van der Waals surface area contributed by atoms with E-state index >= 15 is 0 Å². The van der Waals surface area contributed by atoms with E-state index in [1.54, 1.807) is 0 Å². The van der Waals surface area contributed by atoms with Crippen molar-refractivity contribution >= 4 is 52.9 Å². The van der Waals surface area contributed by atoms with Crippen molar-refractivity contribution < 1.29 is 36.7 Å². The third-order valence-electron chi connectivity index (χ3n) is 1.65. The predicted molar refractivity (Wildman–Crippen MR) is 55.3 cm³/mol. The first-order chi connectivity index (χ1) is 6.06. The summed E-state index contributed by atoms with van der Waals surface area (Å²) in [6.45, 7) is -0.0394. The van der Waals surface area contributed by atoms with Gasteiger partial charge >= 0.3 is 52.9 Å². The number of nitrogens with two attached hydrogens (primary N) is 1. The van der Waals surface area contributed by atoms with Gasteiger partial charge in [0.25, 0.3) is 5.08 Å². The number of rotatable bonds is 5. The summed E-state index contributed by atoms with van der Waals surface area (Å²) in [5, 5.41) is 5.91. The van der Waals surface area contributed by atoms with Gasteiger partial charge in [0.15, 0.2) is 0 Å². The van der Waals surface area contributed by atoms with Gasteiger partial charge in [-0.15, -0.1) is 0 Å². The van der Waals surface area contributed by atoms with Crippen LogP contribution in [0.1, 0.15) is 15.7 Å². The molecule has 0 aromatic rings. The van der Waals surface area contributed by atoms with Gasteiger partial charge in [-0.2, -0.15) is 0 Å². The van der Waals surface area contributed by atoms with E-state index in [0.29, 0.717) is 0 Å². The van der Waals surface area contributed by atoms with Crippen LogP contribution in [0.2, 0.25) is 0 Å². The first-order valence-corrected chi connectivity index (χ1v) is 6.82. The SMILES string of the molecule is NCCCC(O)(P(=O)(O)O)P(=O)(O)O.[Ca+2].[H-].[H-]. The fraction of sp³-hybridized carbons (Fsp3) is 1.00. The molecule has 0 saturated heterocycles. The molecule has 15 heavy (non-hydrogen) atoms. The van der Waals surface area contributed by atoms with Crippen molar-refractivity contribution in [3.63, 3.8) is 0 Å². The van der Waals surface area contributed by atoms with Crippen LogP contribution in [-0.4, -0.2) is 74.0 Å². The molecule has 0 aromatic carbocycles. The van der Waals surface area contributed by atoms with Crippen LogP contribution in [0.4, 0.5) is 0 Å². The molecule has 0 heterocycles. The Morgan fingerprint density at radius 2 is 1.47 bits per heavy atom. The number of aliphatic hydroxyl groups is 1. The average molecular weight is 291 g/mol. The van der Waals surface area contributed by atoms with Crippen LogP contribution in [-0.2, 0) is 9.13 Å². The van der Waals surface area contributed by atoms with Gasteiger partial charge in [-0.3, -0.25) is 9.13 Å². The van der Waals surface area contributed by atoms with Gasteiger partial charge in [-0.1, -0.05) is 0 Å². The number of hydrogen-bond donors (Lipinski definition) is 6. The molecule has 0 fully saturated rings. The van der Waals surface area contributed by atoms with Gasteiger partial charge in [0.05, 0.1) is 0 Å². The molecule has 0 radical (unpaired) electrons. The smallest absolute Gasteiger partial charge is 1.00 e. The van der Waals surface area contributed by atoms with Gasteiger partial charge in [0.1, 0.15) is 0 Å². The Bertz CT molecular complexity index is 272. The second-order valence-electron chi connectivity index (χ2n) is 2.75. The van der Waals surface area contributed by atoms with E-state index in [1.807, 2.05) is 0 Å². The van der Waals surface area contributed by atoms with E-state index in [9.17, 15) is 14.2 Å². The third kappa shape index (κ3) is 4.69. The summed E-state index contributed by atoms with van der Waals surface area (Å²) in [7, 11) is -10.6. The zero-order valence-corrected chi connectivity index (χ0v) is 11.8. The maximum absolute atomic E-state index is 10.7. The van der Waals surface area contributed by atoms with Crippen LogP contribution in [0, 0.1) is 0 Å². The molecule has 0 aliphatic heterocycles. The van der Waals surface area contributed by atoms with Crippen LogP contribution < -0.4 is 5.73 Å². The molecule has 0 spiro atoms. The molecular weight excluding hydrogens is 276 g/mol. The summed E-state index contributed by atoms with van der Waals surface area (Å²) >= 11 is 0. The quantitative estimate of drug-likeness (QED) is 0.265. The Balaban J connectivity index is -0.000000282. The summed E-state index contributed by atoms with van der Waals surface area (Å²) in [5.74, 6) is 0. The van der Waals surface area contributed by atoms with Gasteiger partial charge in [0.2, 0.25) is 0 Å². The Morgan fingerprint density at radius 3 is 1.67 bits per heavy atom. The molecule has 7 N–H and O–H groups in total. The van der Waals surface area contributed by atoms with Crippen molar-refractivity contribution in [3.8, 4) is 0 Å². The van der Waals surface area contributed by atoms with E-state index in [4.69, 9.17) is 25.3 Å². The first kappa shape index (κ1) is 18.8. The second-order valence-corrected chi connectivity index (χ2v) is 6.76. The molecule has 11 heteroatoms. The van der Waals surface area contributed by atoms with Crippen LogP contribution in [0.25, 0.3) is 0 Å². The van der Waals surface area contributed by atoms with Crippen molar-refractivity contribution in [2.45, 2.75) is 17.9 Å². The minimum atomic E-state index is -5.30. The fourth-order valence-corrected chi connectivity index (χ4v) is 3.06. The topological polar surface area (TPSA) is 161 Å². The molecule has 0 atom stereocenters. The van der Waals surface area contributed by atoms with E-state index < -0.39 is 26.7 Å². The van der Waals surface area contributed by atoms with Crippen molar-refractivity contribution in [2.75, 3.05) is 6.54 Å². The summed E-state index contributed by atoms with van der Waals surface area (Å²) in [5.41, 5.74) is 5.01. The summed E-state index contributed by atoms with van der Waals surface area (Å²) < 4.78 is 21.4. The largest absolute Gasteiger partial charge is 2.00 e. The second kappa shape index (κ2) is 6.42. The maximum Gasteiger partial charge on any atom is 2.00 e. The molecule has 8 nitrogen and oxygen atoms in total. The molecule has 0 saturated carbocycles. The Hall–Kier alpha value is 1.48. The minimum Gasteiger partial charge on any atom is -1.00 e. The van der Waals surface area contributed by atoms with E-state index in [1.165, 1.54) is 0 Å². The summed E-state index contributed by atoms with van der Waals surface area (Å²) in [4.78, 5) is 34.5. The zero-order valence-electron chi connectivity index (χ0n) is 9.85. The van der Waals surface area contributed by atoms with Crippen molar-refractivity contribution in [3.05, 3.63) is 0 Å². The van der Waals surface area contributed by atoms with E-state index in [-0.39, 0.29) is 53.6 Å². The Morgan fingerprint density at radius 1 is 1.13 bits per heavy atom. The molecular formula is C4H15CaNO7P2. The number of hydrogen-bond acceptors (Lipinski definition) is 4. The molecule has 90 valence electrons. The molecule has 0 rings (SSSR count). The molecule has 0 bridgehead atoms. The maximum atomic E-state index is 10.7. The fourth-order valence-electron chi connectivity index (χ4n) is 0.800.